The fourth-order valence-corrected chi connectivity index (χ4v) is 3.10. The fraction of sp³-hybridized carbons (Fsp3) is 0.600. The lowest BCUT2D eigenvalue weighted by Crippen LogP contribution is -2.34. The van der Waals surface area contributed by atoms with Crippen molar-refractivity contribution in [3.63, 3.8) is 0 Å². The number of hydrogen-bond donors (Lipinski definition) is 2. The molecule has 3 N–H and O–H groups in total. The molecular weight excluding hydrogens is 297 g/mol. The van der Waals surface area contributed by atoms with Crippen LogP contribution in [-0.4, -0.2) is 18.3 Å². The number of halogens is 2. The molecule has 0 amide bonds. The molecule has 0 aromatic heterocycles. The van der Waals surface area contributed by atoms with Crippen molar-refractivity contribution in [3.05, 3.63) is 28.8 Å². The Bertz CT molecular complexity index is 422. The average Bonchev–Trinajstić information content (AvgIpc) is 2.46. The first-order chi connectivity index (χ1) is 9.13. The Hall–Kier alpha value is -0.480. The largest absolute Gasteiger partial charge is 0.496 e. The van der Waals surface area contributed by atoms with Crippen LogP contribution in [-0.2, 0) is 0 Å². The molecule has 0 unspecified atom stereocenters. The van der Waals surface area contributed by atoms with E-state index in [2.05, 4.69) is 0 Å². The third-order valence-electron chi connectivity index (χ3n) is 4.05. The molecule has 0 bridgehead atoms. The van der Waals surface area contributed by atoms with E-state index in [4.69, 9.17) is 22.1 Å². The number of benzene rings is 1. The monoisotopic (exact) mass is 319 g/mol. The summed E-state index contributed by atoms with van der Waals surface area (Å²) in [5, 5.41) is 11.1. The Morgan fingerprint density at radius 3 is 2.55 bits per heavy atom. The maximum absolute atomic E-state index is 10.5. The summed E-state index contributed by atoms with van der Waals surface area (Å²) in [6.07, 6.45) is 5.20. The van der Waals surface area contributed by atoms with E-state index < -0.39 is 12.1 Å². The molecule has 20 heavy (non-hydrogen) atoms. The van der Waals surface area contributed by atoms with Crippen LogP contribution in [0, 0.1) is 5.92 Å². The van der Waals surface area contributed by atoms with Gasteiger partial charge in [-0.2, -0.15) is 0 Å². The van der Waals surface area contributed by atoms with E-state index in [1.165, 1.54) is 19.3 Å². The molecule has 5 heteroatoms. The first-order valence-corrected chi connectivity index (χ1v) is 7.28. The summed E-state index contributed by atoms with van der Waals surface area (Å²) in [5.41, 5.74) is 7.01. The molecule has 1 aromatic rings. The van der Waals surface area contributed by atoms with Crippen LogP contribution in [0.15, 0.2) is 18.2 Å². The van der Waals surface area contributed by atoms with Gasteiger partial charge < -0.3 is 15.6 Å². The zero-order valence-electron chi connectivity index (χ0n) is 11.7. The van der Waals surface area contributed by atoms with Gasteiger partial charge in [0, 0.05) is 10.6 Å². The Balaban J connectivity index is 0.00000200. The first kappa shape index (κ1) is 17.6. The topological polar surface area (TPSA) is 55.5 Å². The van der Waals surface area contributed by atoms with Gasteiger partial charge in [-0.15, -0.1) is 12.4 Å². The van der Waals surface area contributed by atoms with Crippen LogP contribution >= 0.6 is 24.0 Å². The highest BCUT2D eigenvalue weighted by Crippen LogP contribution is 2.35. The van der Waals surface area contributed by atoms with Crippen LogP contribution in [0.5, 0.6) is 5.75 Å². The molecule has 1 aliphatic carbocycles. The van der Waals surface area contributed by atoms with Crippen molar-refractivity contribution in [2.24, 2.45) is 11.7 Å². The van der Waals surface area contributed by atoms with Gasteiger partial charge in [-0.05, 0) is 37.0 Å². The molecule has 1 aromatic carbocycles. The smallest absolute Gasteiger partial charge is 0.123 e. The molecule has 1 aliphatic rings. The third kappa shape index (κ3) is 4.01. The lowest BCUT2D eigenvalue weighted by molar-refractivity contribution is 0.0611. The number of hydrogen-bond acceptors (Lipinski definition) is 3. The van der Waals surface area contributed by atoms with E-state index in [1.54, 1.807) is 25.3 Å². The summed E-state index contributed by atoms with van der Waals surface area (Å²) in [7, 11) is 1.60. The molecule has 2 atom stereocenters. The molecule has 0 radical (unpaired) electrons. The van der Waals surface area contributed by atoms with Gasteiger partial charge in [-0.1, -0.05) is 30.9 Å². The highest BCUT2D eigenvalue weighted by atomic mass is 35.5. The number of ether oxygens (including phenoxy) is 1. The predicted octanol–water partition coefficient (Wildman–Crippen LogP) is 3.71. The summed E-state index contributed by atoms with van der Waals surface area (Å²) in [6.45, 7) is 0. The standard InChI is InChI=1S/C15H22ClNO2.ClH/c1-19-13-8-7-11(16)9-12(13)14(17)15(18)10-5-3-2-4-6-10;/h7-10,14-15,18H,2-6,17H2,1H3;1H/t14-,15+;/m0./s1. The minimum atomic E-state index is -0.535. The van der Waals surface area contributed by atoms with Gasteiger partial charge in [0.15, 0.2) is 0 Å². The van der Waals surface area contributed by atoms with E-state index in [1.807, 2.05) is 0 Å². The van der Waals surface area contributed by atoms with Crippen LogP contribution in [0.4, 0.5) is 0 Å². The van der Waals surface area contributed by atoms with E-state index in [9.17, 15) is 5.11 Å². The van der Waals surface area contributed by atoms with Crippen molar-refractivity contribution >= 4 is 24.0 Å². The lowest BCUT2D eigenvalue weighted by atomic mass is 9.81. The average molecular weight is 320 g/mol. The zero-order valence-corrected chi connectivity index (χ0v) is 13.3. The Morgan fingerprint density at radius 1 is 1.30 bits per heavy atom. The number of nitrogens with two attached hydrogens (primary N) is 1. The van der Waals surface area contributed by atoms with Gasteiger partial charge in [0.2, 0.25) is 0 Å². The summed E-state index contributed by atoms with van der Waals surface area (Å²) in [6, 6.07) is 4.91. The molecule has 2 rings (SSSR count). The second-order valence-corrected chi connectivity index (χ2v) is 5.74. The highest BCUT2D eigenvalue weighted by Gasteiger charge is 2.29. The third-order valence-corrected chi connectivity index (χ3v) is 4.29. The van der Waals surface area contributed by atoms with Crippen molar-refractivity contribution < 1.29 is 9.84 Å². The number of aliphatic hydroxyl groups is 1. The van der Waals surface area contributed by atoms with Gasteiger partial charge in [0.1, 0.15) is 5.75 Å². The summed E-state index contributed by atoms with van der Waals surface area (Å²) in [4.78, 5) is 0. The van der Waals surface area contributed by atoms with Crippen molar-refractivity contribution in [1.82, 2.24) is 0 Å². The van der Waals surface area contributed by atoms with Crippen LogP contribution in [0.1, 0.15) is 43.7 Å². The molecule has 0 aliphatic heterocycles. The van der Waals surface area contributed by atoms with E-state index in [0.29, 0.717) is 10.8 Å². The molecule has 3 nitrogen and oxygen atoms in total. The molecule has 1 fully saturated rings. The minimum absolute atomic E-state index is 0. The lowest BCUT2D eigenvalue weighted by Gasteiger charge is -2.31. The van der Waals surface area contributed by atoms with Crippen molar-refractivity contribution in [1.29, 1.82) is 0 Å². The van der Waals surface area contributed by atoms with E-state index >= 15 is 0 Å². The summed E-state index contributed by atoms with van der Waals surface area (Å²) in [5.74, 6) is 0.971. The van der Waals surface area contributed by atoms with Crippen LogP contribution in [0.2, 0.25) is 5.02 Å². The predicted molar refractivity (Wildman–Crippen MR) is 84.8 cm³/mol. The SMILES string of the molecule is COc1ccc(Cl)cc1[C@H](N)[C@H](O)C1CCCCC1.Cl. The normalized spacial score (nSPS) is 19.0. The Morgan fingerprint density at radius 2 is 1.95 bits per heavy atom. The van der Waals surface area contributed by atoms with E-state index in [0.717, 1.165) is 18.4 Å². The van der Waals surface area contributed by atoms with Crippen molar-refractivity contribution in [3.8, 4) is 5.75 Å². The molecule has 0 saturated heterocycles. The van der Waals surface area contributed by atoms with Crippen molar-refractivity contribution in [2.75, 3.05) is 7.11 Å². The van der Waals surface area contributed by atoms with Crippen LogP contribution in [0.3, 0.4) is 0 Å². The Labute approximate surface area is 131 Å². The van der Waals surface area contributed by atoms with Crippen molar-refractivity contribution in [2.45, 2.75) is 44.2 Å². The number of methoxy groups -OCH3 is 1. The second-order valence-electron chi connectivity index (χ2n) is 5.30. The van der Waals surface area contributed by atoms with Gasteiger partial charge in [-0.25, -0.2) is 0 Å². The molecular formula is C15H23Cl2NO2. The molecule has 0 spiro atoms. The number of rotatable bonds is 4. The van der Waals surface area contributed by atoms with Crippen LogP contribution in [0.25, 0.3) is 0 Å². The van der Waals surface area contributed by atoms with E-state index in [-0.39, 0.29) is 18.3 Å². The van der Waals surface area contributed by atoms with Gasteiger partial charge >= 0.3 is 0 Å². The molecule has 114 valence electrons. The van der Waals surface area contributed by atoms with Gasteiger partial charge in [-0.3, -0.25) is 0 Å². The quantitative estimate of drug-likeness (QED) is 0.889. The maximum Gasteiger partial charge on any atom is 0.123 e. The van der Waals surface area contributed by atoms with Gasteiger partial charge in [0.05, 0.1) is 19.3 Å². The zero-order chi connectivity index (χ0) is 13.8. The van der Waals surface area contributed by atoms with Crippen LogP contribution < -0.4 is 10.5 Å². The Kier molecular flexibility index (Phi) is 7.10. The highest BCUT2D eigenvalue weighted by molar-refractivity contribution is 6.30. The molecule has 0 heterocycles. The maximum atomic E-state index is 10.5. The first-order valence-electron chi connectivity index (χ1n) is 6.90. The summed E-state index contributed by atoms with van der Waals surface area (Å²) < 4.78 is 5.31. The second kappa shape index (κ2) is 8.08. The number of aliphatic hydroxyl groups excluding tert-OH is 1. The fourth-order valence-electron chi connectivity index (χ4n) is 2.92. The minimum Gasteiger partial charge on any atom is -0.496 e. The molecule has 1 saturated carbocycles. The van der Waals surface area contributed by atoms with Gasteiger partial charge in [0.25, 0.3) is 0 Å². The summed E-state index contributed by atoms with van der Waals surface area (Å²) >= 11 is 6.02.